The van der Waals surface area contributed by atoms with Gasteiger partial charge in [0.05, 0.1) is 6.61 Å². The highest BCUT2D eigenvalue weighted by atomic mass is 16.5. The first-order valence-corrected chi connectivity index (χ1v) is 7.60. The van der Waals surface area contributed by atoms with Gasteiger partial charge in [-0.3, -0.25) is 0 Å². The monoisotopic (exact) mass is 257 g/mol. The molecule has 0 aromatic heterocycles. The second-order valence-electron chi connectivity index (χ2n) is 5.59. The van der Waals surface area contributed by atoms with E-state index in [0.29, 0.717) is 5.41 Å². The largest absolute Gasteiger partial charge is 0.383 e. The van der Waals surface area contributed by atoms with Crippen molar-refractivity contribution >= 4 is 0 Å². The van der Waals surface area contributed by atoms with Crippen molar-refractivity contribution in [3.05, 3.63) is 0 Å². The lowest BCUT2D eigenvalue weighted by Gasteiger charge is -2.37. The lowest BCUT2D eigenvalue weighted by molar-refractivity contribution is 0.0719. The smallest absolute Gasteiger partial charge is 0.0587 e. The summed E-state index contributed by atoms with van der Waals surface area (Å²) in [6.45, 7) is 6.91. The molecule has 1 aliphatic rings. The number of ether oxygens (including phenoxy) is 2. The molecule has 0 spiro atoms. The molecule has 0 bridgehead atoms. The first-order valence-electron chi connectivity index (χ1n) is 7.60. The minimum absolute atomic E-state index is 0.486. The molecule has 1 N–H and O–H groups in total. The normalized spacial score (nSPS) is 19.0. The summed E-state index contributed by atoms with van der Waals surface area (Å²) in [5, 5.41) is 3.56. The third-order valence-electron chi connectivity index (χ3n) is 4.02. The van der Waals surface area contributed by atoms with E-state index in [2.05, 4.69) is 12.2 Å². The summed E-state index contributed by atoms with van der Waals surface area (Å²) in [5.41, 5.74) is 0.486. The average molecular weight is 257 g/mol. The Balaban J connectivity index is 2.27. The van der Waals surface area contributed by atoms with Crippen LogP contribution in [-0.4, -0.2) is 40.0 Å². The maximum Gasteiger partial charge on any atom is 0.0587 e. The third-order valence-corrected chi connectivity index (χ3v) is 4.02. The molecule has 3 heteroatoms. The molecule has 0 aliphatic heterocycles. The Bertz CT molecular complexity index is 177. The number of hydrogen-bond donors (Lipinski definition) is 1. The fraction of sp³-hybridized carbons (Fsp3) is 1.00. The van der Waals surface area contributed by atoms with E-state index >= 15 is 0 Å². The van der Waals surface area contributed by atoms with E-state index in [-0.39, 0.29) is 0 Å². The van der Waals surface area contributed by atoms with Gasteiger partial charge in [0.2, 0.25) is 0 Å². The van der Waals surface area contributed by atoms with Crippen molar-refractivity contribution < 1.29 is 9.47 Å². The summed E-state index contributed by atoms with van der Waals surface area (Å²) in [5.74, 6) is 0. The van der Waals surface area contributed by atoms with Crippen LogP contribution in [0.3, 0.4) is 0 Å². The zero-order valence-electron chi connectivity index (χ0n) is 12.3. The van der Waals surface area contributed by atoms with Crippen LogP contribution in [0.1, 0.15) is 51.9 Å². The summed E-state index contributed by atoms with van der Waals surface area (Å²) in [6, 6.07) is 0. The Morgan fingerprint density at radius 3 is 2.50 bits per heavy atom. The molecular weight excluding hydrogens is 226 g/mol. The van der Waals surface area contributed by atoms with Crippen molar-refractivity contribution in [3.8, 4) is 0 Å². The van der Waals surface area contributed by atoms with Gasteiger partial charge in [-0.05, 0) is 31.1 Å². The van der Waals surface area contributed by atoms with Crippen LogP contribution in [0, 0.1) is 5.41 Å². The average Bonchev–Trinajstić information content (AvgIpc) is 2.41. The zero-order chi connectivity index (χ0) is 13.1. The van der Waals surface area contributed by atoms with Gasteiger partial charge in [0.1, 0.15) is 0 Å². The van der Waals surface area contributed by atoms with Crippen molar-refractivity contribution in [2.24, 2.45) is 5.41 Å². The van der Waals surface area contributed by atoms with Gasteiger partial charge in [-0.15, -0.1) is 0 Å². The fourth-order valence-electron chi connectivity index (χ4n) is 2.88. The topological polar surface area (TPSA) is 30.5 Å². The van der Waals surface area contributed by atoms with Gasteiger partial charge < -0.3 is 14.8 Å². The summed E-state index contributed by atoms with van der Waals surface area (Å²) in [6.07, 6.45) is 9.26. The van der Waals surface area contributed by atoms with Crippen LogP contribution >= 0.6 is 0 Å². The lowest BCUT2D eigenvalue weighted by Crippen LogP contribution is -2.38. The second kappa shape index (κ2) is 9.76. The highest BCUT2D eigenvalue weighted by Crippen LogP contribution is 2.38. The highest BCUT2D eigenvalue weighted by molar-refractivity contribution is 4.84. The van der Waals surface area contributed by atoms with Crippen molar-refractivity contribution in [1.29, 1.82) is 0 Å². The Hall–Kier alpha value is -0.120. The van der Waals surface area contributed by atoms with Crippen LogP contribution in [0.4, 0.5) is 0 Å². The summed E-state index contributed by atoms with van der Waals surface area (Å²) < 4.78 is 10.8. The zero-order valence-corrected chi connectivity index (χ0v) is 12.3. The van der Waals surface area contributed by atoms with Gasteiger partial charge in [0, 0.05) is 33.4 Å². The highest BCUT2D eigenvalue weighted by Gasteiger charge is 2.31. The minimum atomic E-state index is 0.486. The predicted octanol–water partition coefficient (Wildman–Crippen LogP) is 2.99. The molecule has 1 rings (SSSR count). The third kappa shape index (κ3) is 6.17. The van der Waals surface area contributed by atoms with E-state index in [9.17, 15) is 0 Å². The van der Waals surface area contributed by atoms with Crippen LogP contribution < -0.4 is 5.32 Å². The van der Waals surface area contributed by atoms with Gasteiger partial charge in [-0.1, -0.05) is 26.2 Å². The van der Waals surface area contributed by atoms with Crippen LogP contribution in [0.5, 0.6) is 0 Å². The number of hydrogen-bond acceptors (Lipinski definition) is 3. The van der Waals surface area contributed by atoms with Crippen molar-refractivity contribution in [3.63, 3.8) is 0 Å². The molecule has 108 valence electrons. The predicted molar refractivity (Wildman–Crippen MR) is 76.0 cm³/mol. The Morgan fingerprint density at radius 1 is 1.06 bits per heavy atom. The lowest BCUT2D eigenvalue weighted by atomic mass is 9.72. The standard InChI is InChI=1S/C15H31NO2/c1-3-11-18-12-9-15(7-5-4-6-8-15)14-16-10-13-17-2/h16H,3-14H2,1-2H3. The fourth-order valence-corrected chi connectivity index (χ4v) is 2.88. The van der Waals surface area contributed by atoms with Gasteiger partial charge in [0.15, 0.2) is 0 Å². The molecule has 0 amide bonds. The first-order chi connectivity index (χ1) is 8.83. The molecule has 0 heterocycles. The molecule has 18 heavy (non-hydrogen) atoms. The van der Waals surface area contributed by atoms with E-state index in [1.165, 1.54) is 38.5 Å². The van der Waals surface area contributed by atoms with Crippen LogP contribution in [0.25, 0.3) is 0 Å². The Morgan fingerprint density at radius 2 is 1.83 bits per heavy atom. The Kier molecular flexibility index (Phi) is 8.64. The van der Waals surface area contributed by atoms with Crippen LogP contribution in [-0.2, 0) is 9.47 Å². The van der Waals surface area contributed by atoms with Gasteiger partial charge in [0.25, 0.3) is 0 Å². The van der Waals surface area contributed by atoms with E-state index in [4.69, 9.17) is 9.47 Å². The van der Waals surface area contributed by atoms with Crippen LogP contribution in [0.15, 0.2) is 0 Å². The molecule has 1 aliphatic carbocycles. The molecule has 0 unspecified atom stereocenters. The van der Waals surface area contributed by atoms with E-state index in [1.54, 1.807) is 7.11 Å². The van der Waals surface area contributed by atoms with Crippen molar-refractivity contribution in [2.75, 3.05) is 40.0 Å². The molecule has 1 saturated carbocycles. The van der Waals surface area contributed by atoms with E-state index in [0.717, 1.165) is 39.3 Å². The van der Waals surface area contributed by atoms with Crippen molar-refractivity contribution in [1.82, 2.24) is 5.32 Å². The molecule has 3 nitrogen and oxygen atoms in total. The van der Waals surface area contributed by atoms with E-state index in [1.807, 2.05) is 0 Å². The number of rotatable bonds is 10. The maximum atomic E-state index is 5.69. The molecule has 1 fully saturated rings. The van der Waals surface area contributed by atoms with Gasteiger partial charge >= 0.3 is 0 Å². The molecular formula is C15H31NO2. The summed E-state index contributed by atoms with van der Waals surface area (Å²) in [7, 11) is 1.76. The molecule has 0 aromatic carbocycles. The maximum absolute atomic E-state index is 5.69. The Labute approximate surface area is 113 Å². The van der Waals surface area contributed by atoms with Crippen LogP contribution in [0.2, 0.25) is 0 Å². The molecule has 0 aromatic rings. The number of nitrogens with one attached hydrogen (secondary N) is 1. The SMILES string of the molecule is CCCOCCC1(CNCCOC)CCCCC1. The minimum Gasteiger partial charge on any atom is -0.383 e. The summed E-state index contributed by atoms with van der Waals surface area (Å²) >= 11 is 0. The van der Waals surface area contributed by atoms with Gasteiger partial charge in [-0.25, -0.2) is 0 Å². The summed E-state index contributed by atoms with van der Waals surface area (Å²) in [4.78, 5) is 0. The quantitative estimate of drug-likeness (QED) is 0.610. The second-order valence-corrected chi connectivity index (χ2v) is 5.59. The van der Waals surface area contributed by atoms with E-state index < -0.39 is 0 Å². The van der Waals surface area contributed by atoms with Crippen molar-refractivity contribution in [2.45, 2.75) is 51.9 Å². The first kappa shape index (κ1) is 15.9. The molecule has 0 atom stereocenters. The van der Waals surface area contributed by atoms with Gasteiger partial charge in [-0.2, -0.15) is 0 Å². The molecule has 0 radical (unpaired) electrons. The number of methoxy groups -OCH3 is 1. The molecule has 0 saturated heterocycles.